The predicted octanol–water partition coefficient (Wildman–Crippen LogP) is 2.60. The van der Waals surface area contributed by atoms with Gasteiger partial charge in [0.2, 0.25) is 0 Å². The van der Waals surface area contributed by atoms with Gasteiger partial charge in [-0.25, -0.2) is 4.79 Å². The maximum absolute atomic E-state index is 11.9. The van der Waals surface area contributed by atoms with Crippen molar-refractivity contribution in [3.8, 4) is 0 Å². The number of carbonyl (C=O) groups is 1. The minimum atomic E-state index is -0.231. The number of hydrogen-bond donors (Lipinski definition) is 0. The monoisotopic (exact) mass is 264 g/mol. The summed E-state index contributed by atoms with van der Waals surface area (Å²) in [5, 5.41) is 0. The number of ether oxygens (including phenoxy) is 1. The predicted molar refractivity (Wildman–Crippen MR) is 77.0 cm³/mol. The Morgan fingerprint density at radius 2 is 1.84 bits per heavy atom. The number of amides is 1. The molecule has 19 heavy (non-hydrogen) atoms. The van der Waals surface area contributed by atoms with Crippen LogP contribution >= 0.6 is 0 Å². The third kappa shape index (κ3) is 6.25. The highest BCUT2D eigenvalue weighted by Gasteiger charge is 2.12. The summed E-state index contributed by atoms with van der Waals surface area (Å²) in [6.45, 7) is 4.70. The maximum atomic E-state index is 11.9. The topological polar surface area (TPSA) is 32.8 Å². The zero-order valence-electron chi connectivity index (χ0n) is 12.1. The first-order valence-corrected chi connectivity index (χ1v) is 6.73. The van der Waals surface area contributed by atoms with Crippen LogP contribution in [0.5, 0.6) is 0 Å². The Kier molecular flexibility index (Phi) is 6.97. The van der Waals surface area contributed by atoms with E-state index < -0.39 is 0 Å². The van der Waals surface area contributed by atoms with E-state index in [0.29, 0.717) is 13.2 Å². The van der Waals surface area contributed by atoms with Gasteiger partial charge in [-0.15, -0.1) is 0 Å². The van der Waals surface area contributed by atoms with Crippen LogP contribution in [0, 0.1) is 0 Å². The molecule has 0 saturated carbocycles. The summed E-state index contributed by atoms with van der Waals surface area (Å²) < 4.78 is 5.31. The van der Waals surface area contributed by atoms with Gasteiger partial charge in [-0.1, -0.05) is 30.3 Å². The van der Waals surface area contributed by atoms with Crippen LogP contribution in [0.3, 0.4) is 0 Å². The van der Waals surface area contributed by atoms with Crippen molar-refractivity contribution >= 4 is 6.09 Å². The zero-order valence-corrected chi connectivity index (χ0v) is 12.1. The average molecular weight is 264 g/mol. The Morgan fingerprint density at radius 3 is 2.42 bits per heavy atom. The van der Waals surface area contributed by atoms with Gasteiger partial charge < -0.3 is 14.5 Å². The molecule has 0 N–H and O–H groups in total. The van der Waals surface area contributed by atoms with E-state index >= 15 is 0 Å². The van der Waals surface area contributed by atoms with Crippen LogP contribution in [-0.2, 0) is 11.3 Å². The van der Waals surface area contributed by atoms with Crippen molar-refractivity contribution in [2.75, 3.05) is 33.7 Å². The van der Waals surface area contributed by atoms with Gasteiger partial charge in [0.25, 0.3) is 0 Å². The van der Waals surface area contributed by atoms with Crippen molar-refractivity contribution in [2.45, 2.75) is 20.0 Å². The van der Waals surface area contributed by atoms with Crippen molar-refractivity contribution in [3.05, 3.63) is 35.9 Å². The van der Waals surface area contributed by atoms with Crippen LogP contribution in [0.15, 0.2) is 30.3 Å². The molecule has 1 amide bonds. The first-order valence-electron chi connectivity index (χ1n) is 6.73. The molecule has 0 unspecified atom stereocenters. The van der Waals surface area contributed by atoms with Gasteiger partial charge >= 0.3 is 6.09 Å². The minimum absolute atomic E-state index is 0.231. The van der Waals surface area contributed by atoms with Crippen molar-refractivity contribution < 1.29 is 9.53 Å². The van der Waals surface area contributed by atoms with Gasteiger partial charge in [-0.3, -0.25) is 0 Å². The Balaban J connectivity index is 2.33. The lowest BCUT2D eigenvalue weighted by atomic mass is 10.2. The third-order valence-electron chi connectivity index (χ3n) is 2.88. The molecule has 0 heterocycles. The van der Waals surface area contributed by atoms with Gasteiger partial charge in [0.15, 0.2) is 0 Å². The van der Waals surface area contributed by atoms with Crippen molar-refractivity contribution in [1.29, 1.82) is 0 Å². The summed E-state index contributed by atoms with van der Waals surface area (Å²) in [7, 11) is 4.06. The molecule has 1 aromatic carbocycles. The highest BCUT2D eigenvalue weighted by molar-refractivity contribution is 5.67. The molecule has 0 atom stereocenters. The molecule has 0 bridgehead atoms. The first kappa shape index (κ1) is 15.5. The van der Waals surface area contributed by atoms with Crippen LogP contribution in [0.4, 0.5) is 4.79 Å². The van der Waals surface area contributed by atoms with E-state index in [1.165, 1.54) is 0 Å². The molecule has 0 spiro atoms. The summed E-state index contributed by atoms with van der Waals surface area (Å²) >= 11 is 0. The summed E-state index contributed by atoms with van der Waals surface area (Å²) in [5.74, 6) is 0. The summed E-state index contributed by atoms with van der Waals surface area (Å²) in [4.78, 5) is 15.8. The van der Waals surface area contributed by atoms with Crippen molar-refractivity contribution in [1.82, 2.24) is 9.80 Å². The number of hydrogen-bond acceptors (Lipinski definition) is 3. The maximum Gasteiger partial charge on any atom is 0.410 e. The number of carbonyl (C=O) groups excluding carboxylic acids is 1. The fraction of sp³-hybridized carbons (Fsp3) is 0.533. The second-order valence-corrected chi connectivity index (χ2v) is 4.78. The fourth-order valence-corrected chi connectivity index (χ4v) is 1.77. The van der Waals surface area contributed by atoms with E-state index in [1.54, 1.807) is 4.90 Å². The first-order chi connectivity index (χ1) is 9.13. The Labute approximate surface area is 116 Å². The zero-order chi connectivity index (χ0) is 14.1. The number of rotatable bonds is 7. The van der Waals surface area contributed by atoms with E-state index in [9.17, 15) is 4.79 Å². The second kappa shape index (κ2) is 8.53. The van der Waals surface area contributed by atoms with Crippen LogP contribution in [0.25, 0.3) is 0 Å². The molecule has 0 aliphatic rings. The largest absolute Gasteiger partial charge is 0.445 e. The van der Waals surface area contributed by atoms with Gasteiger partial charge in [-0.2, -0.15) is 0 Å². The molecular weight excluding hydrogens is 240 g/mol. The SMILES string of the molecule is CCN(CCCN(C)C)C(=O)OCc1ccccc1. The summed E-state index contributed by atoms with van der Waals surface area (Å²) in [6.07, 6.45) is 0.728. The molecule has 4 heteroatoms. The average Bonchev–Trinajstić information content (AvgIpc) is 2.42. The Bertz CT molecular complexity index is 366. The molecule has 0 aliphatic carbocycles. The van der Waals surface area contributed by atoms with Crippen LogP contribution in [0.1, 0.15) is 18.9 Å². The molecule has 106 valence electrons. The summed E-state index contributed by atoms with van der Waals surface area (Å²) in [5.41, 5.74) is 1.01. The van der Waals surface area contributed by atoms with E-state index in [2.05, 4.69) is 4.90 Å². The third-order valence-corrected chi connectivity index (χ3v) is 2.88. The standard InChI is InChI=1S/C15H24N2O2/c1-4-17(12-8-11-16(2)3)15(18)19-13-14-9-6-5-7-10-14/h5-7,9-10H,4,8,11-13H2,1-3H3. The van der Waals surface area contributed by atoms with Gasteiger partial charge in [-0.05, 0) is 39.5 Å². The van der Waals surface area contributed by atoms with E-state index in [0.717, 1.165) is 25.1 Å². The van der Waals surface area contributed by atoms with E-state index in [1.807, 2.05) is 51.4 Å². The van der Waals surface area contributed by atoms with Gasteiger partial charge in [0.1, 0.15) is 6.61 Å². The van der Waals surface area contributed by atoms with E-state index in [4.69, 9.17) is 4.74 Å². The number of benzene rings is 1. The van der Waals surface area contributed by atoms with Crippen molar-refractivity contribution in [2.24, 2.45) is 0 Å². The lowest BCUT2D eigenvalue weighted by Crippen LogP contribution is -2.33. The highest BCUT2D eigenvalue weighted by Crippen LogP contribution is 2.04. The molecule has 0 saturated heterocycles. The molecule has 0 aliphatic heterocycles. The summed E-state index contributed by atoms with van der Waals surface area (Å²) in [6, 6.07) is 9.74. The number of nitrogens with zero attached hydrogens (tertiary/aromatic N) is 2. The molecular formula is C15H24N2O2. The fourth-order valence-electron chi connectivity index (χ4n) is 1.77. The van der Waals surface area contributed by atoms with Crippen LogP contribution < -0.4 is 0 Å². The Morgan fingerprint density at radius 1 is 1.16 bits per heavy atom. The second-order valence-electron chi connectivity index (χ2n) is 4.78. The van der Waals surface area contributed by atoms with Crippen LogP contribution in [-0.4, -0.2) is 49.6 Å². The molecule has 0 aromatic heterocycles. The lowest BCUT2D eigenvalue weighted by molar-refractivity contribution is 0.0968. The molecule has 0 fully saturated rings. The lowest BCUT2D eigenvalue weighted by Gasteiger charge is -2.21. The van der Waals surface area contributed by atoms with Crippen molar-refractivity contribution in [3.63, 3.8) is 0 Å². The molecule has 0 radical (unpaired) electrons. The highest BCUT2D eigenvalue weighted by atomic mass is 16.6. The molecule has 1 aromatic rings. The molecule has 1 rings (SSSR count). The van der Waals surface area contributed by atoms with Gasteiger partial charge in [0, 0.05) is 13.1 Å². The van der Waals surface area contributed by atoms with Gasteiger partial charge in [0.05, 0.1) is 0 Å². The van der Waals surface area contributed by atoms with E-state index in [-0.39, 0.29) is 6.09 Å². The molecule has 4 nitrogen and oxygen atoms in total. The van der Waals surface area contributed by atoms with Crippen LogP contribution in [0.2, 0.25) is 0 Å². The smallest absolute Gasteiger partial charge is 0.410 e. The Hall–Kier alpha value is -1.55. The quantitative estimate of drug-likeness (QED) is 0.759. The normalized spacial score (nSPS) is 10.5. The minimum Gasteiger partial charge on any atom is -0.445 e.